The van der Waals surface area contributed by atoms with Crippen LogP contribution in [0.15, 0.2) is 30.3 Å². The summed E-state index contributed by atoms with van der Waals surface area (Å²) in [5.41, 5.74) is 2.98. The fourth-order valence-electron chi connectivity index (χ4n) is 2.61. The van der Waals surface area contributed by atoms with Gasteiger partial charge in [0.05, 0.1) is 28.4 Å². The van der Waals surface area contributed by atoms with E-state index in [2.05, 4.69) is 23.6 Å². The molecule has 136 valence electrons. The van der Waals surface area contributed by atoms with Crippen LogP contribution in [0.3, 0.4) is 0 Å². The molecule has 0 atom stereocenters. The molecule has 2 aromatic carbocycles. The van der Waals surface area contributed by atoms with Gasteiger partial charge in [0, 0.05) is 42.2 Å². The zero-order chi connectivity index (χ0) is 18.2. The van der Waals surface area contributed by atoms with E-state index in [-0.39, 0.29) is 0 Å². The Hall–Kier alpha value is -2.76. The molecule has 2 aromatic rings. The van der Waals surface area contributed by atoms with Crippen LogP contribution in [0.25, 0.3) is 0 Å². The number of rotatable bonds is 9. The third-order valence-electron chi connectivity index (χ3n) is 3.81. The fraction of sp³-hybridized carbons (Fsp3) is 0.368. The molecule has 0 fully saturated rings. The fourth-order valence-corrected chi connectivity index (χ4v) is 2.61. The minimum atomic E-state index is 0.572. The Morgan fingerprint density at radius 3 is 1.88 bits per heavy atom. The van der Waals surface area contributed by atoms with Gasteiger partial charge in [-0.25, -0.2) is 0 Å². The Bertz CT molecular complexity index is 679. The van der Waals surface area contributed by atoms with Crippen molar-refractivity contribution < 1.29 is 18.9 Å². The number of hydrogen-bond donors (Lipinski definition) is 2. The van der Waals surface area contributed by atoms with Crippen LogP contribution in [0.4, 0.5) is 11.4 Å². The van der Waals surface area contributed by atoms with Crippen molar-refractivity contribution in [2.75, 3.05) is 45.6 Å². The van der Waals surface area contributed by atoms with Gasteiger partial charge in [-0.2, -0.15) is 0 Å². The maximum absolute atomic E-state index is 5.46. The molecule has 2 rings (SSSR count). The average molecular weight is 346 g/mol. The first-order valence-corrected chi connectivity index (χ1v) is 8.11. The van der Waals surface area contributed by atoms with Gasteiger partial charge in [0.1, 0.15) is 5.75 Å². The summed E-state index contributed by atoms with van der Waals surface area (Å²) in [5.74, 6) is 2.62. The van der Waals surface area contributed by atoms with E-state index in [0.29, 0.717) is 23.8 Å². The first-order valence-electron chi connectivity index (χ1n) is 8.11. The Kier molecular flexibility index (Phi) is 6.62. The molecule has 2 N–H and O–H groups in total. The summed E-state index contributed by atoms with van der Waals surface area (Å²) in [7, 11) is 6.46. The van der Waals surface area contributed by atoms with Crippen LogP contribution >= 0.6 is 0 Å². The molecule has 0 spiro atoms. The molecule has 6 heteroatoms. The minimum absolute atomic E-state index is 0.572. The molecule has 0 heterocycles. The van der Waals surface area contributed by atoms with Gasteiger partial charge in [-0.3, -0.25) is 0 Å². The zero-order valence-electron chi connectivity index (χ0n) is 15.4. The van der Waals surface area contributed by atoms with Crippen molar-refractivity contribution in [1.29, 1.82) is 0 Å². The van der Waals surface area contributed by atoms with Gasteiger partial charge in [-0.1, -0.05) is 0 Å². The third kappa shape index (κ3) is 4.41. The van der Waals surface area contributed by atoms with Crippen molar-refractivity contribution >= 4 is 11.4 Å². The van der Waals surface area contributed by atoms with Crippen LogP contribution in [0.5, 0.6) is 23.0 Å². The number of methoxy groups -OCH3 is 4. The number of benzene rings is 2. The van der Waals surface area contributed by atoms with Gasteiger partial charge in [-0.05, 0) is 25.1 Å². The highest BCUT2D eigenvalue weighted by molar-refractivity contribution is 5.63. The Morgan fingerprint density at radius 1 is 0.720 bits per heavy atom. The SMILES string of the molecule is CCNc1ccc(OC)c(CNc2cc(OC)c(OC)c(OC)c2)c1. The van der Waals surface area contributed by atoms with Gasteiger partial charge < -0.3 is 29.6 Å². The second-order valence-electron chi connectivity index (χ2n) is 5.32. The lowest BCUT2D eigenvalue weighted by molar-refractivity contribution is 0.324. The van der Waals surface area contributed by atoms with Crippen molar-refractivity contribution in [1.82, 2.24) is 0 Å². The van der Waals surface area contributed by atoms with Crippen LogP contribution in [0.1, 0.15) is 12.5 Å². The molecule has 6 nitrogen and oxygen atoms in total. The van der Waals surface area contributed by atoms with Crippen LogP contribution in [-0.2, 0) is 6.54 Å². The van der Waals surface area contributed by atoms with Crippen molar-refractivity contribution in [3.8, 4) is 23.0 Å². The van der Waals surface area contributed by atoms with E-state index in [9.17, 15) is 0 Å². The lowest BCUT2D eigenvalue weighted by Crippen LogP contribution is -2.05. The standard InChI is InChI=1S/C19H26N2O4/c1-6-20-14-7-8-16(22-2)13(9-14)12-21-15-10-17(23-3)19(25-5)18(11-15)24-4/h7-11,20-21H,6,12H2,1-5H3. The predicted molar refractivity (Wildman–Crippen MR) is 101 cm³/mol. The van der Waals surface area contributed by atoms with Crippen molar-refractivity contribution in [2.45, 2.75) is 13.5 Å². The molecule has 0 aliphatic heterocycles. The average Bonchev–Trinajstić information content (AvgIpc) is 2.65. The summed E-state index contributed by atoms with van der Waals surface area (Å²) in [4.78, 5) is 0. The first kappa shape index (κ1) is 18.6. The Labute approximate surface area is 149 Å². The minimum Gasteiger partial charge on any atom is -0.496 e. The smallest absolute Gasteiger partial charge is 0.203 e. The molecule has 0 aromatic heterocycles. The normalized spacial score (nSPS) is 10.1. The lowest BCUT2D eigenvalue weighted by atomic mass is 10.1. The van der Waals surface area contributed by atoms with Gasteiger partial charge in [-0.15, -0.1) is 0 Å². The van der Waals surface area contributed by atoms with E-state index in [1.165, 1.54) is 0 Å². The highest BCUT2D eigenvalue weighted by Gasteiger charge is 2.13. The molecule has 0 aliphatic carbocycles. The molecule has 0 amide bonds. The van der Waals surface area contributed by atoms with Crippen molar-refractivity contribution in [3.05, 3.63) is 35.9 Å². The van der Waals surface area contributed by atoms with E-state index in [4.69, 9.17) is 18.9 Å². The van der Waals surface area contributed by atoms with Crippen molar-refractivity contribution in [2.24, 2.45) is 0 Å². The lowest BCUT2D eigenvalue weighted by Gasteiger charge is -2.16. The van der Waals surface area contributed by atoms with Crippen LogP contribution < -0.4 is 29.6 Å². The molecular formula is C19H26N2O4. The molecule has 0 radical (unpaired) electrons. The topological polar surface area (TPSA) is 61.0 Å². The molecule has 0 aliphatic rings. The summed E-state index contributed by atoms with van der Waals surface area (Å²) < 4.78 is 21.6. The summed E-state index contributed by atoms with van der Waals surface area (Å²) >= 11 is 0. The van der Waals surface area contributed by atoms with E-state index < -0.39 is 0 Å². The first-order chi connectivity index (χ1) is 12.2. The monoisotopic (exact) mass is 346 g/mol. The summed E-state index contributed by atoms with van der Waals surface area (Å²) in [5, 5.41) is 6.69. The van der Waals surface area contributed by atoms with Gasteiger partial charge in [0.15, 0.2) is 11.5 Å². The van der Waals surface area contributed by atoms with Crippen molar-refractivity contribution in [3.63, 3.8) is 0 Å². The highest BCUT2D eigenvalue weighted by atomic mass is 16.5. The summed E-state index contributed by atoms with van der Waals surface area (Å²) in [6.07, 6.45) is 0. The molecule has 0 unspecified atom stereocenters. The van der Waals surface area contributed by atoms with E-state index in [1.54, 1.807) is 28.4 Å². The maximum atomic E-state index is 5.46. The highest BCUT2D eigenvalue weighted by Crippen LogP contribution is 2.40. The van der Waals surface area contributed by atoms with E-state index >= 15 is 0 Å². The van der Waals surface area contributed by atoms with Crippen LogP contribution in [-0.4, -0.2) is 35.0 Å². The van der Waals surface area contributed by atoms with Crippen LogP contribution in [0, 0.1) is 0 Å². The van der Waals surface area contributed by atoms with Gasteiger partial charge in [0.2, 0.25) is 5.75 Å². The summed E-state index contributed by atoms with van der Waals surface area (Å²) in [6, 6.07) is 9.80. The number of nitrogens with one attached hydrogen (secondary N) is 2. The number of hydrogen-bond acceptors (Lipinski definition) is 6. The molecule has 25 heavy (non-hydrogen) atoms. The number of anilines is 2. The summed E-state index contributed by atoms with van der Waals surface area (Å²) in [6.45, 7) is 3.53. The zero-order valence-corrected chi connectivity index (χ0v) is 15.4. The molecular weight excluding hydrogens is 320 g/mol. The second-order valence-corrected chi connectivity index (χ2v) is 5.32. The molecule has 0 saturated heterocycles. The maximum Gasteiger partial charge on any atom is 0.203 e. The van der Waals surface area contributed by atoms with E-state index in [1.807, 2.05) is 24.3 Å². The van der Waals surface area contributed by atoms with Gasteiger partial charge >= 0.3 is 0 Å². The third-order valence-corrected chi connectivity index (χ3v) is 3.81. The quantitative estimate of drug-likeness (QED) is 0.721. The Balaban J connectivity index is 2.24. The predicted octanol–water partition coefficient (Wildman–Crippen LogP) is 3.76. The van der Waals surface area contributed by atoms with Gasteiger partial charge in [0.25, 0.3) is 0 Å². The second kappa shape index (κ2) is 8.92. The molecule has 0 saturated carbocycles. The largest absolute Gasteiger partial charge is 0.496 e. The van der Waals surface area contributed by atoms with Crippen LogP contribution in [0.2, 0.25) is 0 Å². The van der Waals surface area contributed by atoms with E-state index in [0.717, 1.165) is 29.2 Å². The Morgan fingerprint density at radius 2 is 1.36 bits per heavy atom. The number of ether oxygens (including phenoxy) is 4. The molecule has 0 bridgehead atoms.